The van der Waals surface area contributed by atoms with Crippen LogP contribution in [-0.2, 0) is 27.3 Å². The van der Waals surface area contributed by atoms with Gasteiger partial charge in [-0.15, -0.1) is 0 Å². The van der Waals surface area contributed by atoms with E-state index in [4.69, 9.17) is 9.47 Å². The SMILES string of the molecule is COc1ccc([Si](C)(C)[C@@H]2[C@@H](C)[C@@H](CCc3cccc(N4CCCC4=O)c3)O[C@H]2CC(=O)N(CCO)Cc2ccccc2)cc1. The molecule has 2 fully saturated rings. The Hall–Kier alpha value is -3.46. The van der Waals surface area contributed by atoms with Gasteiger partial charge in [0, 0.05) is 31.7 Å². The summed E-state index contributed by atoms with van der Waals surface area (Å²) in [5.74, 6) is 1.30. The van der Waals surface area contributed by atoms with E-state index in [1.807, 2.05) is 59.5 Å². The van der Waals surface area contributed by atoms with Gasteiger partial charge < -0.3 is 24.4 Å². The molecule has 3 aromatic carbocycles. The van der Waals surface area contributed by atoms with Crippen LogP contribution in [0.3, 0.4) is 0 Å². The summed E-state index contributed by atoms with van der Waals surface area (Å²) in [7, 11) is -0.448. The average Bonchev–Trinajstić information content (AvgIpc) is 3.62. The molecule has 0 radical (unpaired) electrons. The lowest BCUT2D eigenvalue weighted by atomic mass is 9.95. The lowest BCUT2D eigenvalue weighted by molar-refractivity contribution is -0.135. The normalized spacial score (nSPS) is 21.7. The van der Waals surface area contributed by atoms with E-state index in [1.165, 1.54) is 10.8 Å². The van der Waals surface area contributed by atoms with Crippen LogP contribution in [0.1, 0.15) is 43.7 Å². The first-order valence-corrected chi connectivity index (χ1v) is 19.4. The molecule has 2 amide bonds. The predicted octanol–water partition coefficient (Wildman–Crippen LogP) is 5.56. The zero-order valence-corrected chi connectivity index (χ0v) is 28.2. The van der Waals surface area contributed by atoms with E-state index in [0.29, 0.717) is 19.5 Å². The monoisotopic (exact) mass is 628 g/mol. The smallest absolute Gasteiger partial charge is 0.227 e. The molecular weight excluding hydrogens is 581 g/mol. The van der Waals surface area contributed by atoms with Gasteiger partial charge in [0.1, 0.15) is 5.75 Å². The van der Waals surface area contributed by atoms with Crippen molar-refractivity contribution in [1.82, 2.24) is 4.90 Å². The van der Waals surface area contributed by atoms with E-state index in [0.717, 1.165) is 42.8 Å². The second-order valence-corrected chi connectivity index (χ2v) is 17.8. The topological polar surface area (TPSA) is 79.3 Å². The molecule has 2 aliphatic rings. The number of aliphatic hydroxyl groups excluding tert-OH is 1. The van der Waals surface area contributed by atoms with Crippen molar-refractivity contribution in [3.8, 4) is 5.75 Å². The molecule has 0 saturated carbocycles. The molecule has 2 aliphatic heterocycles. The maximum atomic E-state index is 13.9. The number of aryl methyl sites for hydroxylation is 1. The standard InChI is InChI=1S/C37H48N2O5Si/c1-27-33(20-15-28-12-8-13-30(24-28)39-21-9-14-35(39)41)44-34(37(27)45(3,4)32-18-16-31(43-2)17-19-32)25-36(42)38(22-23-40)26-29-10-6-5-7-11-29/h5-8,10-13,16-19,24,27,33-34,37,40H,9,14-15,20-23,25-26H2,1-4H3/t27-,33+,34-,37+/m0/s1. The highest BCUT2D eigenvalue weighted by Gasteiger charge is 2.51. The quantitative estimate of drug-likeness (QED) is 0.251. The minimum atomic E-state index is -2.13. The number of hydrogen-bond acceptors (Lipinski definition) is 5. The number of benzene rings is 3. The largest absolute Gasteiger partial charge is 0.497 e. The molecule has 3 aromatic rings. The van der Waals surface area contributed by atoms with Gasteiger partial charge in [0.2, 0.25) is 11.8 Å². The number of carbonyl (C=O) groups is 2. The van der Waals surface area contributed by atoms with Crippen LogP contribution in [-0.4, -0.2) is 68.9 Å². The number of ether oxygens (including phenoxy) is 2. The summed E-state index contributed by atoms with van der Waals surface area (Å²) in [6.07, 6.45) is 3.30. The Morgan fingerprint density at radius 2 is 1.76 bits per heavy atom. The first-order chi connectivity index (χ1) is 21.7. The van der Waals surface area contributed by atoms with Gasteiger partial charge in [-0.3, -0.25) is 9.59 Å². The predicted molar refractivity (Wildman–Crippen MR) is 182 cm³/mol. The Labute approximate surface area is 269 Å². The van der Waals surface area contributed by atoms with Crippen LogP contribution < -0.4 is 14.8 Å². The van der Waals surface area contributed by atoms with E-state index < -0.39 is 8.07 Å². The first-order valence-electron chi connectivity index (χ1n) is 16.3. The van der Waals surface area contributed by atoms with Crippen LogP contribution in [0.25, 0.3) is 0 Å². The minimum Gasteiger partial charge on any atom is -0.497 e. The maximum Gasteiger partial charge on any atom is 0.227 e. The summed E-state index contributed by atoms with van der Waals surface area (Å²) >= 11 is 0. The van der Waals surface area contributed by atoms with Crippen molar-refractivity contribution in [2.45, 2.75) is 76.4 Å². The third kappa shape index (κ3) is 7.68. The van der Waals surface area contributed by atoms with Gasteiger partial charge in [-0.05, 0) is 66.1 Å². The summed E-state index contributed by atoms with van der Waals surface area (Å²) in [4.78, 5) is 29.9. The summed E-state index contributed by atoms with van der Waals surface area (Å²) in [6, 6.07) is 26.7. The molecule has 8 heteroatoms. The molecule has 5 rings (SSSR count). The highest BCUT2D eigenvalue weighted by atomic mass is 28.3. The molecule has 0 aromatic heterocycles. The van der Waals surface area contributed by atoms with Crippen LogP contribution in [0.5, 0.6) is 5.75 Å². The Morgan fingerprint density at radius 1 is 1.02 bits per heavy atom. The highest BCUT2D eigenvalue weighted by molar-refractivity contribution is 6.91. The van der Waals surface area contributed by atoms with Crippen molar-refractivity contribution in [2.75, 3.05) is 31.7 Å². The number of carbonyl (C=O) groups excluding carboxylic acids is 2. The van der Waals surface area contributed by atoms with Crippen molar-refractivity contribution >= 4 is 30.8 Å². The number of amides is 2. The molecule has 7 nitrogen and oxygen atoms in total. The Morgan fingerprint density at radius 3 is 2.42 bits per heavy atom. The average molecular weight is 629 g/mol. The van der Waals surface area contributed by atoms with E-state index in [-0.39, 0.29) is 48.5 Å². The van der Waals surface area contributed by atoms with Crippen LogP contribution in [0.4, 0.5) is 5.69 Å². The summed E-state index contributed by atoms with van der Waals surface area (Å²) < 4.78 is 12.3. The van der Waals surface area contributed by atoms with Gasteiger partial charge in [-0.25, -0.2) is 0 Å². The highest BCUT2D eigenvalue weighted by Crippen LogP contribution is 2.46. The third-order valence-corrected chi connectivity index (χ3v) is 14.3. The van der Waals surface area contributed by atoms with Crippen molar-refractivity contribution in [1.29, 1.82) is 0 Å². The second kappa shape index (κ2) is 14.8. The number of aliphatic hydroxyl groups is 1. The number of methoxy groups -OCH3 is 1. The maximum absolute atomic E-state index is 13.9. The van der Waals surface area contributed by atoms with Gasteiger partial charge >= 0.3 is 0 Å². The lowest BCUT2D eigenvalue weighted by Gasteiger charge is -2.36. The minimum absolute atomic E-state index is 0.00955. The molecule has 1 N–H and O–H groups in total. The summed E-state index contributed by atoms with van der Waals surface area (Å²) in [5, 5.41) is 11.1. The van der Waals surface area contributed by atoms with Gasteiger partial charge in [0.15, 0.2) is 0 Å². The van der Waals surface area contributed by atoms with Crippen molar-refractivity contribution in [3.05, 3.63) is 90.0 Å². The van der Waals surface area contributed by atoms with Crippen LogP contribution in [0.2, 0.25) is 18.6 Å². The fraction of sp³-hybridized carbons (Fsp3) is 0.459. The van der Waals surface area contributed by atoms with Crippen molar-refractivity contribution in [2.24, 2.45) is 5.92 Å². The molecular formula is C37H48N2O5Si. The van der Waals surface area contributed by atoms with Crippen molar-refractivity contribution in [3.63, 3.8) is 0 Å². The number of anilines is 1. The van der Waals surface area contributed by atoms with Gasteiger partial charge in [-0.1, -0.05) is 79.8 Å². The van der Waals surface area contributed by atoms with E-state index in [9.17, 15) is 14.7 Å². The number of hydrogen-bond donors (Lipinski definition) is 1. The molecule has 45 heavy (non-hydrogen) atoms. The first kappa shape index (κ1) is 32.9. The van der Waals surface area contributed by atoms with Crippen LogP contribution in [0.15, 0.2) is 78.9 Å². The lowest BCUT2D eigenvalue weighted by Crippen LogP contribution is -2.51. The molecule has 240 valence electrons. The van der Waals surface area contributed by atoms with Crippen LogP contribution in [0, 0.1) is 5.92 Å². The van der Waals surface area contributed by atoms with Gasteiger partial charge in [0.05, 0.1) is 40.4 Å². The molecule has 0 spiro atoms. The zero-order chi connectivity index (χ0) is 32.0. The van der Waals surface area contributed by atoms with Gasteiger partial charge in [0.25, 0.3) is 0 Å². The molecule has 2 heterocycles. The zero-order valence-electron chi connectivity index (χ0n) is 27.2. The van der Waals surface area contributed by atoms with Gasteiger partial charge in [-0.2, -0.15) is 0 Å². The fourth-order valence-electron chi connectivity index (χ4n) is 7.47. The Balaban J connectivity index is 1.36. The molecule has 4 atom stereocenters. The molecule has 0 bridgehead atoms. The molecule has 0 unspecified atom stereocenters. The number of nitrogens with zero attached hydrogens (tertiary/aromatic N) is 2. The Bertz CT molecular complexity index is 1430. The third-order valence-electron chi connectivity index (χ3n) is 9.90. The van der Waals surface area contributed by atoms with Crippen LogP contribution >= 0.6 is 0 Å². The van der Waals surface area contributed by atoms with Crippen molar-refractivity contribution < 1.29 is 24.2 Å². The summed E-state index contributed by atoms with van der Waals surface area (Å²) in [5.41, 5.74) is 3.44. The van der Waals surface area contributed by atoms with E-state index in [1.54, 1.807) is 12.0 Å². The molecule has 2 saturated heterocycles. The van der Waals surface area contributed by atoms with E-state index >= 15 is 0 Å². The Kier molecular flexibility index (Phi) is 10.8. The summed E-state index contributed by atoms with van der Waals surface area (Å²) in [6.45, 7) is 8.54. The fourth-order valence-corrected chi connectivity index (χ4v) is 11.5. The number of rotatable bonds is 13. The molecule has 0 aliphatic carbocycles. The second-order valence-electron chi connectivity index (χ2n) is 13.1. The van der Waals surface area contributed by atoms with E-state index in [2.05, 4.69) is 44.3 Å².